The van der Waals surface area contributed by atoms with Crippen molar-refractivity contribution >= 4 is 17.6 Å². The van der Waals surface area contributed by atoms with Gasteiger partial charge in [0.15, 0.2) is 0 Å². The van der Waals surface area contributed by atoms with Crippen molar-refractivity contribution in [2.75, 3.05) is 6.61 Å². The molecule has 5 nitrogen and oxygen atoms in total. The molecule has 0 aromatic rings. The molecule has 0 bridgehead atoms. The molecule has 1 aliphatic carbocycles. The lowest BCUT2D eigenvalue weighted by Crippen LogP contribution is -2.19. The van der Waals surface area contributed by atoms with Crippen LogP contribution in [-0.2, 0) is 9.53 Å². The average Bonchev–Trinajstić information content (AvgIpc) is 2.93. The van der Waals surface area contributed by atoms with Crippen LogP contribution in [0.5, 0.6) is 0 Å². The molecule has 3 N–H and O–H groups in total. The summed E-state index contributed by atoms with van der Waals surface area (Å²) in [5, 5.41) is 29.7. The number of unbranched alkanes of at least 4 members (excludes halogenated alkanes) is 3. The van der Waals surface area contributed by atoms with E-state index in [1.807, 2.05) is 13.0 Å². The van der Waals surface area contributed by atoms with E-state index in [9.17, 15) is 20.1 Å². The molecule has 6 heteroatoms. The first kappa shape index (κ1) is 26.4. The second-order valence-electron chi connectivity index (χ2n) is 8.47. The Morgan fingerprint density at radius 1 is 1.17 bits per heavy atom. The zero-order valence-electron chi connectivity index (χ0n) is 18.1. The lowest BCUT2D eigenvalue weighted by Gasteiger charge is -2.21. The van der Waals surface area contributed by atoms with Gasteiger partial charge in [-0.2, -0.15) is 0 Å². The summed E-state index contributed by atoms with van der Waals surface area (Å²) in [5.41, 5.74) is 0. The van der Waals surface area contributed by atoms with Gasteiger partial charge in [-0.25, -0.2) is 0 Å². The minimum absolute atomic E-state index is 0.0204. The maximum atomic E-state index is 11.5. The van der Waals surface area contributed by atoms with Crippen molar-refractivity contribution in [2.24, 2.45) is 11.8 Å². The van der Waals surface area contributed by atoms with Gasteiger partial charge in [-0.05, 0) is 57.8 Å². The molecule has 0 saturated heterocycles. The molecule has 6 atom stereocenters. The van der Waals surface area contributed by atoms with Gasteiger partial charge in [-0.3, -0.25) is 4.79 Å². The standard InChI is InChI=1S/C23H41ClO5/c1-3-15-29-23(28)12-7-5-4-6-11-19-20(22(27)16-21(19)24)14-13-18(26)10-8-9-17(2)25/h13-14,17-22,25-27H,3-12,15-16H2,1-2H3/t17-,18+,19-,20+,21+,22-/m1/s1. The Morgan fingerprint density at radius 2 is 1.90 bits per heavy atom. The van der Waals surface area contributed by atoms with Crippen LogP contribution in [0.4, 0.5) is 0 Å². The maximum Gasteiger partial charge on any atom is 0.305 e. The molecule has 1 aliphatic rings. The highest BCUT2D eigenvalue weighted by molar-refractivity contribution is 6.21. The first-order valence-corrected chi connectivity index (χ1v) is 11.8. The number of rotatable bonds is 15. The highest BCUT2D eigenvalue weighted by atomic mass is 35.5. The van der Waals surface area contributed by atoms with Gasteiger partial charge in [0.25, 0.3) is 0 Å². The quantitative estimate of drug-likeness (QED) is 0.155. The average molecular weight is 433 g/mol. The molecule has 0 spiro atoms. The molecule has 0 aliphatic heterocycles. The molecular weight excluding hydrogens is 392 g/mol. The Bertz CT molecular complexity index is 468. The zero-order valence-corrected chi connectivity index (χ0v) is 18.9. The van der Waals surface area contributed by atoms with Crippen molar-refractivity contribution in [2.45, 2.75) is 108 Å². The number of halogens is 1. The topological polar surface area (TPSA) is 87.0 Å². The molecule has 170 valence electrons. The van der Waals surface area contributed by atoms with Crippen molar-refractivity contribution in [1.82, 2.24) is 0 Å². The second kappa shape index (κ2) is 15.2. The number of ether oxygens (including phenoxy) is 1. The van der Waals surface area contributed by atoms with Gasteiger partial charge in [0.05, 0.1) is 24.9 Å². The van der Waals surface area contributed by atoms with Crippen molar-refractivity contribution in [1.29, 1.82) is 0 Å². The number of carbonyl (C=O) groups is 1. The van der Waals surface area contributed by atoms with Crippen LogP contribution in [0.1, 0.15) is 84.5 Å². The van der Waals surface area contributed by atoms with Crippen LogP contribution in [0.2, 0.25) is 0 Å². The number of carbonyl (C=O) groups excluding carboxylic acids is 1. The number of hydrogen-bond donors (Lipinski definition) is 3. The van der Waals surface area contributed by atoms with Crippen LogP contribution >= 0.6 is 11.6 Å². The zero-order chi connectivity index (χ0) is 21.6. The third kappa shape index (κ3) is 11.4. The predicted octanol–water partition coefficient (Wildman–Crippen LogP) is 4.35. The summed E-state index contributed by atoms with van der Waals surface area (Å²) in [6, 6.07) is 0. The molecule has 0 amide bonds. The SMILES string of the molecule is CCCOC(=O)CCCCCC[C@@H]1[C@H](C=C[C@@H](O)CCC[C@@H](C)O)[C@H](O)C[C@@H]1Cl. The van der Waals surface area contributed by atoms with E-state index in [4.69, 9.17) is 16.3 Å². The first-order valence-electron chi connectivity index (χ1n) is 11.4. The molecule has 1 rings (SSSR count). The summed E-state index contributed by atoms with van der Waals surface area (Å²) < 4.78 is 5.08. The van der Waals surface area contributed by atoms with E-state index in [2.05, 4.69) is 0 Å². The predicted molar refractivity (Wildman–Crippen MR) is 117 cm³/mol. The van der Waals surface area contributed by atoms with E-state index < -0.39 is 12.2 Å². The molecule has 1 fully saturated rings. The number of hydrogen-bond acceptors (Lipinski definition) is 5. The number of esters is 1. The summed E-state index contributed by atoms with van der Waals surface area (Å²) in [7, 11) is 0. The largest absolute Gasteiger partial charge is 0.466 e. The monoisotopic (exact) mass is 432 g/mol. The fraction of sp³-hybridized carbons (Fsp3) is 0.870. The van der Waals surface area contributed by atoms with E-state index >= 15 is 0 Å². The van der Waals surface area contributed by atoms with Gasteiger partial charge in [-0.15, -0.1) is 11.6 Å². The Morgan fingerprint density at radius 3 is 2.59 bits per heavy atom. The van der Waals surface area contributed by atoms with Crippen molar-refractivity contribution < 1.29 is 24.9 Å². The van der Waals surface area contributed by atoms with Crippen LogP contribution in [0.15, 0.2) is 12.2 Å². The summed E-state index contributed by atoms with van der Waals surface area (Å²) in [6.45, 7) is 4.24. The van der Waals surface area contributed by atoms with Gasteiger partial charge in [0.1, 0.15) is 0 Å². The smallest absolute Gasteiger partial charge is 0.305 e. The van der Waals surface area contributed by atoms with Crippen LogP contribution in [0, 0.1) is 11.8 Å². The van der Waals surface area contributed by atoms with Crippen LogP contribution in [-0.4, -0.2) is 51.6 Å². The summed E-state index contributed by atoms with van der Waals surface area (Å²) in [5.74, 6) is 0.0822. The fourth-order valence-electron chi connectivity index (χ4n) is 4.00. The summed E-state index contributed by atoms with van der Waals surface area (Å²) in [6.07, 6.45) is 11.2. The minimum Gasteiger partial charge on any atom is -0.466 e. The molecule has 1 saturated carbocycles. The molecular formula is C23H41ClO5. The Kier molecular flexibility index (Phi) is 13.9. The third-order valence-electron chi connectivity index (χ3n) is 5.68. The highest BCUT2D eigenvalue weighted by Crippen LogP contribution is 2.40. The Balaban J connectivity index is 2.31. The van der Waals surface area contributed by atoms with Gasteiger partial charge >= 0.3 is 5.97 Å². The Hall–Kier alpha value is -0.620. The van der Waals surface area contributed by atoms with Crippen molar-refractivity contribution in [3.8, 4) is 0 Å². The molecule has 0 aromatic carbocycles. The van der Waals surface area contributed by atoms with E-state index in [1.165, 1.54) is 0 Å². The minimum atomic E-state index is -0.552. The molecule has 0 heterocycles. The number of aliphatic hydroxyl groups excluding tert-OH is 3. The summed E-state index contributed by atoms with van der Waals surface area (Å²) in [4.78, 5) is 11.5. The second-order valence-corrected chi connectivity index (χ2v) is 9.03. The lowest BCUT2D eigenvalue weighted by atomic mass is 9.88. The van der Waals surface area contributed by atoms with Crippen molar-refractivity contribution in [3.63, 3.8) is 0 Å². The Labute approximate surface area is 181 Å². The van der Waals surface area contributed by atoms with E-state index in [1.54, 1.807) is 13.0 Å². The number of aliphatic hydroxyl groups is 3. The first-order chi connectivity index (χ1) is 13.8. The van der Waals surface area contributed by atoms with Crippen LogP contribution in [0.3, 0.4) is 0 Å². The van der Waals surface area contributed by atoms with Crippen molar-refractivity contribution in [3.05, 3.63) is 12.2 Å². The normalized spacial score (nSPS) is 26.7. The van der Waals surface area contributed by atoms with Gasteiger partial charge in [0, 0.05) is 17.7 Å². The van der Waals surface area contributed by atoms with E-state index in [0.717, 1.165) is 44.9 Å². The molecule has 0 radical (unpaired) electrons. The summed E-state index contributed by atoms with van der Waals surface area (Å²) >= 11 is 6.49. The van der Waals surface area contributed by atoms with Crippen LogP contribution in [0.25, 0.3) is 0 Å². The third-order valence-corrected chi connectivity index (χ3v) is 6.18. The molecule has 0 unspecified atom stereocenters. The maximum absolute atomic E-state index is 11.5. The van der Waals surface area contributed by atoms with Gasteiger partial charge < -0.3 is 20.1 Å². The molecule has 29 heavy (non-hydrogen) atoms. The lowest BCUT2D eigenvalue weighted by molar-refractivity contribution is -0.143. The van der Waals surface area contributed by atoms with E-state index in [0.29, 0.717) is 32.3 Å². The van der Waals surface area contributed by atoms with Gasteiger partial charge in [0.2, 0.25) is 0 Å². The highest BCUT2D eigenvalue weighted by Gasteiger charge is 2.39. The van der Waals surface area contributed by atoms with E-state index in [-0.39, 0.29) is 29.3 Å². The van der Waals surface area contributed by atoms with Gasteiger partial charge in [-0.1, -0.05) is 38.3 Å². The fourth-order valence-corrected chi connectivity index (χ4v) is 4.48. The molecule has 0 aromatic heterocycles. The number of alkyl halides is 1. The van der Waals surface area contributed by atoms with Crippen LogP contribution < -0.4 is 0 Å².